The zero-order chi connectivity index (χ0) is 13.7. The minimum atomic E-state index is 0.0178. The van der Waals surface area contributed by atoms with Crippen molar-refractivity contribution in [2.45, 2.75) is 49.7 Å². The number of hydrogen-bond donors (Lipinski definition) is 1. The molecule has 104 valence electrons. The zero-order valence-corrected chi connectivity index (χ0v) is 13.6. The number of halogens is 1. The molecule has 1 aromatic rings. The van der Waals surface area contributed by atoms with Crippen molar-refractivity contribution in [2.75, 3.05) is 0 Å². The Hall–Kier alpha value is -0.480. The molecule has 0 aromatic heterocycles. The van der Waals surface area contributed by atoms with Crippen LogP contribution >= 0.6 is 27.7 Å². The van der Waals surface area contributed by atoms with Gasteiger partial charge in [0.05, 0.1) is 5.25 Å². The van der Waals surface area contributed by atoms with Crippen LogP contribution in [-0.2, 0) is 10.5 Å². The van der Waals surface area contributed by atoms with Gasteiger partial charge < -0.3 is 5.32 Å². The lowest BCUT2D eigenvalue weighted by molar-refractivity contribution is -0.120. The van der Waals surface area contributed by atoms with Gasteiger partial charge in [0.15, 0.2) is 0 Å². The Kier molecular flexibility index (Phi) is 5.76. The molecule has 1 aliphatic carbocycles. The molecule has 2 rings (SSSR count). The van der Waals surface area contributed by atoms with Crippen LogP contribution in [0.3, 0.4) is 0 Å². The van der Waals surface area contributed by atoms with Crippen molar-refractivity contribution in [1.82, 2.24) is 5.32 Å². The molecule has 0 bridgehead atoms. The summed E-state index contributed by atoms with van der Waals surface area (Å²) in [6, 6.07) is 8.69. The van der Waals surface area contributed by atoms with Crippen molar-refractivity contribution < 1.29 is 4.79 Å². The van der Waals surface area contributed by atoms with Crippen molar-refractivity contribution in [2.24, 2.45) is 0 Å². The van der Waals surface area contributed by atoms with Crippen molar-refractivity contribution in [1.29, 1.82) is 0 Å². The smallest absolute Gasteiger partial charge is 0.233 e. The summed E-state index contributed by atoms with van der Waals surface area (Å²) in [7, 11) is 0. The molecule has 1 fully saturated rings. The molecule has 0 heterocycles. The first-order chi connectivity index (χ1) is 9.15. The monoisotopic (exact) mass is 341 g/mol. The molecule has 0 unspecified atom stereocenters. The fraction of sp³-hybridized carbons (Fsp3) is 0.533. The van der Waals surface area contributed by atoms with E-state index in [4.69, 9.17) is 0 Å². The van der Waals surface area contributed by atoms with Gasteiger partial charge in [-0.15, -0.1) is 11.8 Å². The number of hydrogen-bond acceptors (Lipinski definition) is 2. The van der Waals surface area contributed by atoms with Crippen LogP contribution in [-0.4, -0.2) is 17.2 Å². The second-order valence-corrected chi connectivity index (χ2v) is 7.31. The Morgan fingerprint density at radius 2 is 2.00 bits per heavy atom. The molecule has 0 aliphatic heterocycles. The Morgan fingerprint density at radius 1 is 1.37 bits per heavy atom. The molecule has 1 aromatic carbocycles. The first kappa shape index (κ1) is 14.9. The van der Waals surface area contributed by atoms with Gasteiger partial charge in [0.1, 0.15) is 0 Å². The highest BCUT2D eigenvalue weighted by atomic mass is 79.9. The Bertz CT molecular complexity index is 415. The normalized spacial score (nSPS) is 17.4. The van der Waals surface area contributed by atoms with Gasteiger partial charge in [-0.2, -0.15) is 0 Å². The molecule has 19 heavy (non-hydrogen) atoms. The van der Waals surface area contributed by atoms with Gasteiger partial charge in [-0.25, -0.2) is 0 Å². The number of nitrogens with one attached hydrogen (secondary N) is 1. The van der Waals surface area contributed by atoms with E-state index in [9.17, 15) is 4.79 Å². The molecule has 0 spiro atoms. The van der Waals surface area contributed by atoms with Gasteiger partial charge in [-0.1, -0.05) is 40.9 Å². The Balaban J connectivity index is 1.75. The number of benzene rings is 1. The number of rotatable bonds is 5. The minimum absolute atomic E-state index is 0.0178. The molecular weight excluding hydrogens is 322 g/mol. The van der Waals surface area contributed by atoms with Crippen molar-refractivity contribution in [3.8, 4) is 0 Å². The summed E-state index contributed by atoms with van der Waals surface area (Å²) >= 11 is 5.13. The standard InChI is InChI=1S/C15H20BrNOS/c1-11(15(18)17-14-4-2-3-5-14)19-10-12-6-8-13(16)9-7-12/h6-9,11,14H,2-5,10H2,1H3,(H,17,18)/t11-/m1/s1. The van der Waals surface area contributed by atoms with E-state index in [1.54, 1.807) is 11.8 Å². The lowest BCUT2D eigenvalue weighted by atomic mass is 10.2. The van der Waals surface area contributed by atoms with E-state index in [-0.39, 0.29) is 11.2 Å². The predicted octanol–water partition coefficient (Wildman–Crippen LogP) is 4.13. The third kappa shape index (κ3) is 4.84. The van der Waals surface area contributed by atoms with E-state index in [1.165, 1.54) is 18.4 Å². The summed E-state index contributed by atoms with van der Waals surface area (Å²) in [6.45, 7) is 1.99. The van der Waals surface area contributed by atoms with Crippen LogP contribution in [0, 0.1) is 0 Å². The predicted molar refractivity (Wildman–Crippen MR) is 85.3 cm³/mol. The average molecular weight is 342 g/mol. The van der Waals surface area contributed by atoms with Gasteiger partial charge >= 0.3 is 0 Å². The second kappa shape index (κ2) is 7.34. The lowest BCUT2D eigenvalue weighted by Crippen LogP contribution is -2.37. The molecule has 4 heteroatoms. The summed E-state index contributed by atoms with van der Waals surface area (Å²) in [4.78, 5) is 12.0. The molecule has 1 aliphatic rings. The van der Waals surface area contributed by atoms with Gasteiger partial charge in [0, 0.05) is 16.3 Å². The third-order valence-electron chi connectivity index (χ3n) is 3.48. The van der Waals surface area contributed by atoms with Crippen LogP contribution in [0.1, 0.15) is 38.2 Å². The quantitative estimate of drug-likeness (QED) is 0.872. The molecule has 2 nitrogen and oxygen atoms in total. The summed E-state index contributed by atoms with van der Waals surface area (Å²) in [5, 5.41) is 3.17. The molecule has 1 amide bonds. The first-order valence-electron chi connectivity index (χ1n) is 6.81. The van der Waals surface area contributed by atoms with Crippen LogP contribution in [0.2, 0.25) is 0 Å². The second-order valence-electron chi connectivity index (χ2n) is 5.07. The largest absolute Gasteiger partial charge is 0.352 e. The lowest BCUT2D eigenvalue weighted by Gasteiger charge is -2.16. The highest BCUT2D eigenvalue weighted by molar-refractivity contribution is 9.10. The van der Waals surface area contributed by atoms with Gasteiger partial charge in [0.25, 0.3) is 0 Å². The average Bonchev–Trinajstić information content (AvgIpc) is 2.90. The summed E-state index contributed by atoms with van der Waals surface area (Å²) in [5.41, 5.74) is 1.26. The van der Waals surface area contributed by atoms with Crippen LogP contribution in [0.5, 0.6) is 0 Å². The maximum absolute atomic E-state index is 12.0. The highest BCUT2D eigenvalue weighted by Crippen LogP contribution is 2.21. The minimum Gasteiger partial charge on any atom is -0.352 e. The van der Waals surface area contributed by atoms with E-state index in [2.05, 4.69) is 33.4 Å². The molecule has 0 radical (unpaired) electrons. The van der Waals surface area contributed by atoms with E-state index < -0.39 is 0 Å². The van der Waals surface area contributed by atoms with E-state index in [0.717, 1.165) is 23.1 Å². The van der Waals surface area contributed by atoms with Crippen LogP contribution < -0.4 is 5.32 Å². The van der Waals surface area contributed by atoms with E-state index in [1.807, 2.05) is 19.1 Å². The first-order valence-corrected chi connectivity index (χ1v) is 8.66. The summed E-state index contributed by atoms with van der Waals surface area (Å²) < 4.78 is 1.09. The topological polar surface area (TPSA) is 29.1 Å². The maximum atomic E-state index is 12.0. The summed E-state index contributed by atoms with van der Waals surface area (Å²) in [5.74, 6) is 1.07. The van der Waals surface area contributed by atoms with Gasteiger partial charge in [-0.3, -0.25) is 4.79 Å². The van der Waals surface area contributed by atoms with E-state index in [0.29, 0.717) is 6.04 Å². The molecule has 0 saturated heterocycles. The molecule has 1 N–H and O–H groups in total. The number of amides is 1. The summed E-state index contributed by atoms with van der Waals surface area (Å²) in [6.07, 6.45) is 4.81. The Labute approximate surface area is 127 Å². The number of carbonyl (C=O) groups excluding carboxylic acids is 1. The van der Waals surface area contributed by atoms with Gasteiger partial charge in [0.2, 0.25) is 5.91 Å². The van der Waals surface area contributed by atoms with Gasteiger partial charge in [-0.05, 0) is 37.5 Å². The van der Waals surface area contributed by atoms with Crippen LogP contribution in [0.15, 0.2) is 28.7 Å². The van der Waals surface area contributed by atoms with Crippen molar-refractivity contribution in [3.63, 3.8) is 0 Å². The SMILES string of the molecule is C[C@@H](SCc1ccc(Br)cc1)C(=O)NC1CCCC1. The molecular formula is C15H20BrNOS. The fourth-order valence-electron chi connectivity index (χ4n) is 2.27. The molecule has 1 atom stereocenters. The Morgan fingerprint density at radius 3 is 2.63 bits per heavy atom. The van der Waals surface area contributed by atoms with Crippen LogP contribution in [0.25, 0.3) is 0 Å². The fourth-order valence-corrected chi connectivity index (χ4v) is 3.38. The highest BCUT2D eigenvalue weighted by Gasteiger charge is 2.20. The maximum Gasteiger partial charge on any atom is 0.233 e. The zero-order valence-electron chi connectivity index (χ0n) is 11.2. The van der Waals surface area contributed by atoms with Crippen molar-refractivity contribution in [3.05, 3.63) is 34.3 Å². The molecule has 1 saturated carbocycles. The number of thioether (sulfide) groups is 1. The van der Waals surface area contributed by atoms with E-state index >= 15 is 0 Å². The third-order valence-corrected chi connectivity index (χ3v) is 5.23. The van der Waals surface area contributed by atoms with Crippen LogP contribution in [0.4, 0.5) is 0 Å². The number of carbonyl (C=O) groups is 1. The van der Waals surface area contributed by atoms with Crippen molar-refractivity contribution >= 4 is 33.6 Å².